The first kappa shape index (κ1) is 12.9. The first-order chi connectivity index (χ1) is 9.18. The number of aromatic nitrogens is 1. The first-order valence-electron chi connectivity index (χ1n) is 5.60. The second kappa shape index (κ2) is 5.86. The molecular weight excluding hydrogens is 247 g/mol. The summed E-state index contributed by atoms with van der Waals surface area (Å²) in [5, 5.41) is 3.65. The molecule has 0 fully saturated rings. The number of halogens is 1. The summed E-state index contributed by atoms with van der Waals surface area (Å²) in [6.07, 6.45) is 1.60. The van der Waals surface area contributed by atoms with Crippen LogP contribution >= 0.6 is 0 Å². The Kier molecular flexibility index (Phi) is 3.97. The van der Waals surface area contributed by atoms with Crippen LogP contribution in [0.5, 0.6) is 0 Å². The normalized spacial score (nSPS) is 11.2. The van der Waals surface area contributed by atoms with E-state index in [0.717, 1.165) is 0 Å². The third-order valence-corrected chi connectivity index (χ3v) is 2.39. The van der Waals surface area contributed by atoms with Crippen LogP contribution in [-0.2, 0) is 4.84 Å². The Labute approximate surface area is 109 Å². The third-order valence-electron chi connectivity index (χ3n) is 2.39. The summed E-state index contributed by atoms with van der Waals surface area (Å²) in [5.41, 5.74) is 0.870. The van der Waals surface area contributed by atoms with Crippen molar-refractivity contribution in [1.82, 2.24) is 4.98 Å². The van der Waals surface area contributed by atoms with E-state index in [9.17, 15) is 9.18 Å². The maximum absolute atomic E-state index is 13.3. The molecular formula is C14H11FN2O2. The summed E-state index contributed by atoms with van der Waals surface area (Å²) in [6.45, 7) is 1.65. The molecule has 0 aliphatic heterocycles. The molecule has 0 spiro atoms. The van der Waals surface area contributed by atoms with Crippen molar-refractivity contribution < 1.29 is 14.0 Å². The third kappa shape index (κ3) is 3.22. The van der Waals surface area contributed by atoms with Gasteiger partial charge in [0.25, 0.3) is 0 Å². The van der Waals surface area contributed by atoms with Gasteiger partial charge in [-0.2, -0.15) is 0 Å². The summed E-state index contributed by atoms with van der Waals surface area (Å²) in [4.78, 5) is 20.4. The zero-order valence-corrected chi connectivity index (χ0v) is 10.2. The van der Waals surface area contributed by atoms with Crippen molar-refractivity contribution >= 4 is 11.7 Å². The van der Waals surface area contributed by atoms with Gasteiger partial charge in [-0.05, 0) is 31.2 Å². The van der Waals surface area contributed by atoms with E-state index >= 15 is 0 Å². The highest BCUT2D eigenvalue weighted by Crippen LogP contribution is 2.08. The van der Waals surface area contributed by atoms with Gasteiger partial charge in [0.1, 0.15) is 11.5 Å². The Bertz CT molecular complexity index is 612. The number of rotatable bonds is 3. The predicted octanol–water partition coefficient (Wildman–Crippen LogP) is 2.80. The lowest BCUT2D eigenvalue weighted by Gasteiger charge is -2.01. The standard InChI is InChI=1S/C14H11FN2O2/c1-10(13-8-4-5-9-16-13)17-19-14(18)11-6-2-3-7-12(11)15/h2-9H,1H3/b17-10+. The van der Waals surface area contributed by atoms with Gasteiger partial charge in [-0.25, -0.2) is 9.18 Å². The smallest absolute Gasteiger partial charge is 0.312 e. The molecule has 5 heteroatoms. The number of hydrogen-bond donors (Lipinski definition) is 0. The quantitative estimate of drug-likeness (QED) is 0.483. The van der Waals surface area contributed by atoms with Crippen molar-refractivity contribution in [2.75, 3.05) is 0 Å². The Morgan fingerprint density at radius 1 is 1.21 bits per heavy atom. The molecule has 0 saturated heterocycles. The number of hydrogen-bond acceptors (Lipinski definition) is 4. The molecule has 0 radical (unpaired) electrons. The van der Waals surface area contributed by atoms with E-state index in [4.69, 9.17) is 4.84 Å². The van der Waals surface area contributed by atoms with Crippen LogP contribution in [-0.4, -0.2) is 16.7 Å². The second-order valence-corrected chi connectivity index (χ2v) is 3.75. The van der Waals surface area contributed by atoms with Gasteiger partial charge in [-0.3, -0.25) is 4.98 Å². The number of pyridine rings is 1. The van der Waals surface area contributed by atoms with E-state index in [-0.39, 0.29) is 5.56 Å². The van der Waals surface area contributed by atoms with Crippen molar-refractivity contribution in [2.24, 2.45) is 5.16 Å². The Morgan fingerprint density at radius 3 is 2.63 bits per heavy atom. The van der Waals surface area contributed by atoms with E-state index < -0.39 is 11.8 Å². The number of benzene rings is 1. The van der Waals surface area contributed by atoms with Crippen LogP contribution in [0.2, 0.25) is 0 Å². The Balaban J connectivity index is 2.11. The van der Waals surface area contributed by atoms with E-state index in [2.05, 4.69) is 10.1 Å². The molecule has 1 heterocycles. The van der Waals surface area contributed by atoms with Gasteiger partial charge in [0.15, 0.2) is 0 Å². The minimum atomic E-state index is -0.839. The molecule has 0 N–H and O–H groups in total. The molecule has 0 aliphatic carbocycles. The van der Waals surface area contributed by atoms with E-state index in [1.54, 1.807) is 37.4 Å². The van der Waals surface area contributed by atoms with E-state index in [1.165, 1.54) is 18.2 Å². The molecule has 2 rings (SSSR count). The minimum Gasteiger partial charge on any atom is -0.312 e. The Hall–Kier alpha value is -2.56. The topological polar surface area (TPSA) is 51.5 Å². The van der Waals surface area contributed by atoms with Crippen LogP contribution < -0.4 is 0 Å². The fraction of sp³-hybridized carbons (Fsp3) is 0.0714. The molecule has 2 aromatic rings. The zero-order valence-electron chi connectivity index (χ0n) is 10.2. The molecule has 0 bridgehead atoms. The summed E-state index contributed by atoms with van der Waals surface area (Å²) < 4.78 is 13.3. The van der Waals surface area contributed by atoms with E-state index in [0.29, 0.717) is 11.4 Å². The van der Waals surface area contributed by atoms with Gasteiger partial charge in [0, 0.05) is 6.20 Å². The van der Waals surface area contributed by atoms with Crippen molar-refractivity contribution in [3.8, 4) is 0 Å². The number of carbonyl (C=O) groups excluding carboxylic acids is 1. The van der Waals surface area contributed by atoms with Crippen LogP contribution in [0, 0.1) is 5.82 Å². The molecule has 0 saturated carbocycles. The van der Waals surface area contributed by atoms with Gasteiger partial charge in [0.2, 0.25) is 0 Å². The number of carbonyl (C=O) groups is 1. The Morgan fingerprint density at radius 2 is 1.95 bits per heavy atom. The SMILES string of the molecule is C/C(=N\OC(=O)c1ccccc1F)c1ccccn1. The molecule has 4 nitrogen and oxygen atoms in total. The number of nitrogens with zero attached hydrogens (tertiary/aromatic N) is 2. The predicted molar refractivity (Wildman–Crippen MR) is 68.3 cm³/mol. The molecule has 0 unspecified atom stereocenters. The summed E-state index contributed by atoms with van der Waals surface area (Å²) in [6, 6.07) is 10.9. The van der Waals surface area contributed by atoms with Crippen LogP contribution in [0.25, 0.3) is 0 Å². The van der Waals surface area contributed by atoms with Gasteiger partial charge in [0.05, 0.1) is 11.3 Å². The maximum Gasteiger partial charge on any atom is 0.368 e. The van der Waals surface area contributed by atoms with Gasteiger partial charge < -0.3 is 4.84 Å². The summed E-state index contributed by atoms with van der Waals surface area (Å²) in [5.74, 6) is -1.48. The molecule has 96 valence electrons. The molecule has 0 atom stereocenters. The maximum atomic E-state index is 13.3. The average molecular weight is 258 g/mol. The molecule has 0 amide bonds. The highest BCUT2D eigenvalue weighted by molar-refractivity contribution is 5.97. The average Bonchev–Trinajstić information content (AvgIpc) is 2.46. The van der Waals surface area contributed by atoms with Crippen LogP contribution in [0.4, 0.5) is 4.39 Å². The zero-order chi connectivity index (χ0) is 13.7. The fourth-order valence-electron chi connectivity index (χ4n) is 1.41. The van der Waals surface area contributed by atoms with Gasteiger partial charge in [-0.15, -0.1) is 0 Å². The molecule has 19 heavy (non-hydrogen) atoms. The lowest BCUT2D eigenvalue weighted by Crippen LogP contribution is -2.06. The molecule has 1 aromatic heterocycles. The highest BCUT2D eigenvalue weighted by atomic mass is 19.1. The van der Waals surface area contributed by atoms with Crippen molar-refractivity contribution in [3.05, 3.63) is 65.7 Å². The monoisotopic (exact) mass is 258 g/mol. The van der Waals surface area contributed by atoms with E-state index in [1.807, 2.05) is 0 Å². The molecule has 0 aliphatic rings. The van der Waals surface area contributed by atoms with Crippen molar-refractivity contribution in [3.63, 3.8) is 0 Å². The lowest BCUT2D eigenvalue weighted by molar-refractivity contribution is 0.0511. The highest BCUT2D eigenvalue weighted by Gasteiger charge is 2.12. The van der Waals surface area contributed by atoms with Crippen molar-refractivity contribution in [2.45, 2.75) is 6.92 Å². The summed E-state index contributed by atoms with van der Waals surface area (Å²) in [7, 11) is 0. The van der Waals surface area contributed by atoms with Gasteiger partial charge >= 0.3 is 5.97 Å². The lowest BCUT2D eigenvalue weighted by atomic mass is 10.2. The largest absolute Gasteiger partial charge is 0.368 e. The molecule has 1 aromatic carbocycles. The fourth-order valence-corrected chi connectivity index (χ4v) is 1.41. The second-order valence-electron chi connectivity index (χ2n) is 3.75. The number of oxime groups is 1. The van der Waals surface area contributed by atoms with Crippen molar-refractivity contribution in [1.29, 1.82) is 0 Å². The van der Waals surface area contributed by atoms with Crippen LogP contribution in [0.3, 0.4) is 0 Å². The first-order valence-corrected chi connectivity index (χ1v) is 5.60. The van der Waals surface area contributed by atoms with Gasteiger partial charge in [-0.1, -0.05) is 23.4 Å². The van der Waals surface area contributed by atoms with Crippen LogP contribution in [0.1, 0.15) is 23.0 Å². The summed E-state index contributed by atoms with van der Waals surface area (Å²) >= 11 is 0. The minimum absolute atomic E-state index is 0.153. The van der Waals surface area contributed by atoms with Crippen LogP contribution in [0.15, 0.2) is 53.8 Å².